The summed E-state index contributed by atoms with van der Waals surface area (Å²) in [6.45, 7) is 2.03. The molecule has 0 aromatic heterocycles. The molecule has 0 aliphatic carbocycles. The average molecular weight is 340 g/mol. The lowest BCUT2D eigenvalue weighted by molar-refractivity contribution is -0.140. The molecule has 3 N–H and O–H groups in total. The van der Waals surface area contributed by atoms with E-state index in [4.69, 9.17) is 5.84 Å². The monoisotopic (exact) mass is 340 g/mol. The second-order valence-corrected chi connectivity index (χ2v) is 7.56. The van der Waals surface area contributed by atoms with E-state index in [0.717, 1.165) is 23.6 Å². The Morgan fingerprint density at radius 2 is 1.95 bits per heavy atom. The molecule has 0 saturated carbocycles. The number of thioether (sulfide) groups is 2. The Morgan fingerprint density at radius 3 is 2.52 bits per heavy atom. The molecule has 1 heterocycles. The van der Waals surface area contributed by atoms with Crippen molar-refractivity contribution < 1.29 is 17.6 Å². The predicted octanol–water partition coefficient (Wildman–Crippen LogP) is 3.59. The number of halogens is 4. The van der Waals surface area contributed by atoms with Crippen LogP contribution in [0.2, 0.25) is 0 Å². The van der Waals surface area contributed by atoms with E-state index in [1.807, 2.05) is 6.92 Å². The van der Waals surface area contributed by atoms with Crippen LogP contribution in [0.4, 0.5) is 17.6 Å². The molecule has 118 valence electrons. The zero-order valence-electron chi connectivity index (χ0n) is 11.3. The third-order valence-electron chi connectivity index (χ3n) is 3.40. The van der Waals surface area contributed by atoms with Gasteiger partial charge in [-0.15, -0.1) is 0 Å². The van der Waals surface area contributed by atoms with E-state index in [-0.39, 0.29) is 10.5 Å². The van der Waals surface area contributed by atoms with Crippen LogP contribution in [0.1, 0.15) is 24.1 Å². The first-order chi connectivity index (χ1) is 9.84. The predicted molar refractivity (Wildman–Crippen MR) is 79.6 cm³/mol. The largest absolute Gasteiger partial charge is 0.419 e. The van der Waals surface area contributed by atoms with E-state index in [9.17, 15) is 17.6 Å². The molecular formula is C13H16F4N2S2. The van der Waals surface area contributed by atoms with Crippen LogP contribution in [0.15, 0.2) is 18.2 Å². The van der Waals surface area contributed by atoms with Crippen molar-refractivity contribution in [3.8, 4) is 0 Å². The highest BCUT2D eigenvalue weighted by atomic mass is 32.2. The molecular weight excluding hydrogens is 324 g/mol. The molecule has 0 radical (unpaired) electrons. The van der Waals surface area contributed by atoms with Crippen LogP contribution in [0, 0.1) is 5.82 Å². The lowest BCUT2D eigenvalue weighted by atomic mass is 9.99. The van der Waals surface area contributed by atoms with Crippen LogP contribution in [0.25, 0.3) is 0 Å². The van der Waals surface area contributed by atoms with Gasteiger partial charge in [0.2, 0.25) is 0 Å². The van der Waals surface area contributed by atoms with Gasteiger partial charge in [0.05, 0.1) is 11.6 Å². The van der Waals surface area contributed by atoms with Gasteiger partial charge in [0.25, 0.3) is 0 Å². The van der Waals surface area contributed by atoms with Gasteiger partial charge in [0, 0.05) is 22.0 Å². The SMILES string of the molecule is CC1SCCSC1C(NN)c1ccc(F)c(C(F)(F)F)c1. The Kier molecular flexibility index (Phi) is 5.45. The van der Waals surface area contributed by atoms with Crippen LogP contribution >= 0.6 is 23.5 Å². The highest BCUT2D eigenvalue weighted by Gasteiger charge is 2.36. The summed E-state index contributed by atoms with van der Waals surface area (Å²) >= 11 is 3.44. The maximum absolute atomic E-state index is 13.4. The van der Waals surface area contributed by atoms with Gasteiger partial charge in [-0.2, -0.15) is 36.7 Å². The van der Waals surface area contributed by atoms with E-state index in [1.54, 1.807) is 23.5 Å². The first-order valence-electron chi connectivity index (χ1n) is 6.40. The minimum Gasteiger partial charge on any atom is -0.271 e. The number of nitrogens with two attached hydrogens (primary N) is 1. The van der Waals surface area contributed by atoms with Crippen molar-refractivity contribution in [2.45, 2.75) is 29.6 Å². The van der Waals surface area contributed by atoms with Crippen LogP contribution in [-0.4, -0.2) is 22.0 Å². The fourth-order valence-corrected chi connectivity index (χ4v) is 5.28. The van der Waals surface area contributed by atoms with E-state index in [1.165, 1.54) is 6.07 Å². The van der Waals surface area contributed by atoms with Crippen molar-refractivity contribution in [3.63, 3.8) is 0 Å². The third kappa shape index (κ3) is 3.85. The van der Waals surface area contributed by atoms with Crippen LogP contribution in [0.3, 0.4) is 0 Å². The van der Waals surface area contributed by atoms with E-state index >= 15 is 0 Å². The van der Waals surface area contributed by atoms with E-state index in [0.29, 0.717) is 5.56 Å². The summed E-state index contributed by atoms with van der Waals surface area (Å²) in [5.41, 5.74) is 1.70. The van der Waals surface area contributed by atoms with Crippen molar-refractivity contribution in [1.82, 2.24) is 5.43 Å². The van der Waals surface area contributed by atoms with E-state index in [2.05, 4.69) is 5.43 Å². The molecule has 0 amide bonds. The van der Waals surface area contributed by atoms with Gasteiger partial charge in [0.15, 0.2) is 0 Å². The number of hydrazine groups is 1. The molecule has 0 bridgehead atoms. The van der Waals surface area contributed by atoms with Crippen LogP contribution in [-0.2, 0) is 6.18 Å². The minimum absolute atomic E-state index is 0.0419. The molecule has 1 aliphatic heterocycles. The molecule has 8 heteroatoms. The first-order valence-corrected chi connectivity index (χ1v) is 8.50. The lowest BCUT2D eigenvalue weighted by Crippen LogP contribution is -2.41. The Balaban J connectivity index is 2.34. The minimum atomic E-state index is -4.71. The molecule has 2 rings (SSSR count). The second kappa shape index (κ2) is 6.76. The quantitative estimate of drug-likeness (QED) is 0.501. The van der Waals surface area contributed by atoms with Gasteiger partial charge in [-0.3, -0.25) is 11.3 Å². The second-order valence-electron chi connectivity index (χ2n) is 4.79. The molecule has 3 atom stereocenters. The van der Waals surface area contributed by atoms with E-state index < -0.39 is 23.6 Å². The fraction of sp³-hybridized carbons (Fsp3) is 0.538. The summed E-state index contributed by atoms with van der Waals surface area (Å²) < 4.78 is 51.8. The third-order valence-corrected chi connectivity index (χ3v) is 6.59. The number of alkyl halides is 3. The van der Waals surface area contributed by atoms with Crippen LogP contribution < -0.4 is 11.3 Å². The molecule has 1 aliphatic rings. The molecule has 0 spiro atoms. The Labute approximate surface area is 129 Å². The maximum Gasteiger partial charge on any atom is 0.419 e. The maximum atomic E-state index is 13.4. The number of rotatable bonds is 3. The first kappa shape index (κ1) is 16.9. The molecule has 1 aromatic rings. The number of nitrogens with one attached hydrogen (secondary N) is 1. The highest BCUT2D eigenvalue weighted by Crippen LogP contribution is 2.40. The topological polar surface area (TPSA) is 38.0 Å². The Hall–Kier alpha value is -0.440. The molecule has 1 aromatic carbocycles. The molecule has 21 heavy (non-hydrogen) atoms. The number of benzene rings is 1. The number of hydrogen-bond acceptors (Lipinski definition) is 4. The summed E-state index contributed by atoms with van der Waals surface area (Å²) in [5.74, 6) is 6.22. The van der Waals surface area contributed by atoms with Gasteiger partial charge >= 0.3 is 6.18 Å². The molecule has 1 saturated heterocycles. The Bertz CT molecular complexity index is 496. The highest BCUT2D eigenvalue weighted by molar-refractivity contribution is 8.07. The van der Waals surface area contributed by atoms with Crippen molar-refractivity contribution in [3.05, 3.63) is 35.1 Å². The van der Waals surface area contributed by atoms with Gasteiger partial charge in [-0.05, 0) is 17.7 Å². The zero-order valence-corrected chi connectivity index (χ0v) is 12.9. The van der Waals surface area contributed by atoms with Gasteiger partial charge < -0.3 is 0 Å². The van der Waals surface area contributed by atoms with Crippen molar-refractivity contribution >= 4 is 23.5 Å². The summed E-state index contributed by atoms with van der Waals surface area (Å²) in [4.78, 5) is 0. The standard InChI is InChI=1S/C13H16F4N2S2/c1-7-12(21-5-4-20-7)11(19-18)8-2-3-10(14)9(6-8)13(15,16)17/h2-3,6-7,11-12,19H,4-5,18H2,1H3. The Morgan fingerprint density at radius 1 is 1.29 bits per heavy atom. The van der Waals surface area contributed by atoms with Crippen molar-refractivity contribution in [2.75, 3.05) is 11.5 Å². The van der Waals surface area contributed by atoms with Gasteiger partial charge in [0.1, 0.15) is 5.82 Å². The fourth-order valence-electron chi connectivity index (χ4n) is 2.35. The smallest absolute Gasteiger partial charge is 0.271 e. The van der Waals surface area contributed by atoms with Crippen molar-refractivity contribution in [2.24, 2.45) is 5.84 Å². The lowest BCUT2D eigenvalue weighted by Gasteiger charge is -2.34. The summed E-state index contributed by atoms with van der Waals surface area (Å²) in [5, 5.41) is 0.296. The summed E-state index contributed by atoms with van der Waals surface area (Å²) in [6.07, 6.45) is -4.71. The molecule has 3 unspecified atom stereocenters. The zero-order chi connectivity index (χ0) is 15.6. The molecule has 1 fully saturated rings. The van der Waals surface area contributed by atoms with Crippen molar-refractivity contribution in [1.29, 1.82) is 0 Å². The summed E-state index contributed by atoms with van der Waals surface area (Å²) in [6, 6.07) is 2.63. The van der Waals surface area contributed by atoms with Crippen LogP contribution in [0.5, 0.6) is 0 Å². The average Bonchev–Trinajstić information content (AvgIpc) is 2.42. The molecule has 2 nitrogen and oxygen atoms in total. The van der Waals surface area contributed by atoms with Gasteiger partial charge in [-0.25, -0.2) is 4.39 Å². The van der Waals surface area contributed by atoms with Gasteiger partial charge in [-0.1, -0.05) is 13.0 Å². The number of hydrogen-bond donors (Lipinski definition) is 2. The normalized spacial score (nSPS) is 24.9. The summed E-state index contributed by atoms with van der Waals surface area (Å²) in [7, 11) is 0.